The maximum absolute atomic E-state index is 13.1. The minimum absolute atomic E-state index is 0.00817. The molecule has 8 heteroatoms. The number of ether oxygens (including phenoxy) is 1. The Kier molecular flexibility index (Phi) is 9.46. The number of carbonyl (C=O) groups excluding carboxylic acids is 3. The summed E-state index contributed by atoms with van der Waals surface area (Å²) in [6, 6.07) is -1.92. The number of Topliss-reactive ketones (excluding diaryl/α,β-unsaturated/α-hetero) is 1. The van der Waals surface area contributed by atoms with E-state index in [9.17, 15) is 24.3 Å². The average molecular weight is 521 g/mol. The third-order valence-electron chi connectivity index (χ3n) is 10.1. The number of hydrogen-bond donors (Lipinski definition) is 2. The van der Waals surface area contributed by atoms with Crippen molar-refractivity contribution in [2.45, 2.75) is 130 Å². The molecule has 0 aromatic rings. The van der Waals surface area contributed by atoms with E-state index in [0.29, 0.717) is 31.1 Å². The van der Waals surface area contributed by atoms with Crippen LogP contribution in [0.25, 0.3) is 0 Å². The van der Waals surface area contributed by atoms with Gasteiger partial charge in [0, 0.05) is 17.9 Å². The highest BCUT2D eigenvalue weighted by Crippen LogP contribution is 2.63. The molecule has 1 amide bonds. The van der Waals surface area contributed by atoms with Crippen LogP contribution in [0.15, 0.2) is 0 Å². The van der Waals surface area contributed by atoms with Crippen LogP contribution in [0.1, 0.15) is 106 Å². The summed E-state index contributed by atoms with van der Waals surface area (Å²) in [5.41, 5.74) is 0.307. The molecule has 1 heterocycles. The third-order valence-corrected chi connectivity index (χ3v) is 10.1. The van der Waals surface area contributed by atoms with Gasteiger partial charge in [0.15, 0.2) is 0 Å². The number of carboxylic acid groups (broad SMARTS) is 1. The Bertz CT molecular complexity index is 872. The number of aliphatic carboxylic acids is 1. The number of rotatable bonds is 8. The minimum Gasteiger partial charge on any atom is -0.480 e. The van der Waals surface area contributed by atoms with Crippen molar-refractivity contribution in [1.82, 2.24) is 10.2 Å². The van der Waals surface area contributed by atoms with Crippen LogP contribution in [-0.4, -0.2) is 64.4 Å². The Morgan fingerprint density at radius 3 is 2.30 bits per heavy atom. The predicted molar refractivity (Wildman–Crippen MR) is 141 cm³/mol. The normalized spacial score (nSPS) is 33.2. The first-order valence-electron chi connectivity index (χ1n) is 14.4. The molecule has 4 rings (SSSR count). The van der Waals surface area contributed by atoms with Crippen molar-refractivity contribution in [2.24, 2.45) is 22.7 Å². The second kappa shape index (κ2) is 11.8. The summed E-state index contributed by atoms with van der Waals surface area (Å²) in [6.07, 6.45) is 9.13. The minimum atomic E-state index is -0.935. The summed E-state index contributed by atoms with van der Waals surface area (Å²) >= 11 is 0. The maximum Gasteiger partial charge on any atom is 0.326 e. The maximum atomic E-state index is 13.1. The number of nitrogens with zero attached hydrogens (tertiary/aromatic N) is 1. The topological polar surface area (TPSA) is 113 Å². The number of nitrogens with one attached hydrogen (secondary N) is 1. The van der Waals surface area contributed by atoms with Crippen LogP contribution < -0.4 is 5.32 Å². The van der Waals surface area contributed by atoms with Gasteiger partial charge in [0.2, 0.25) is 5.91 Å². The van der Waals surface area contributed by atoms with Gasteiger partial charge < -0.3 is 14.7 Å². The van der Waals surface area contributed by atoms with Crippen LogP contribution in [-0.2, 0) is 23.9 Å². The Morgan fingerprint density at radius 1 is 1.14 bits per heavy atom. The van der Waals surface area contributed by atoms with E-state index in [4.69, 9.17) is 4.74 Å². The molecule has 3 saturated carbocycles. The summed E-state index contributed by atoms with van der Waals surface area (Å²) in [5.74, 6) is -0.0513. The van der Waals surface area contributed by atoms with E-state index in [1.165, 1.54) is 6.42 Å². The Labute approximate surface area is 222 Å². The van der Waals surface area contributed by atoms with Gasteiger partial charge in [-0.15, -0.1) is 0 Å². The van der Waals surface area contributed by atoms with Crippen LogP contribution in [0, 0.1) is 22.7 Å². The van der Waals surface area contributed by atoms with Crippen molar-refractivity contribution in [2.75, 3.05) is 6.61 Å². The Balaban J connectivity index is 0.000000284. The number of esters is 1. The van der Waals surface area contributed by atoms with Crippen molar-refractivity contribution in [3.8, 4) is 0 Å². The second-order valence-corrected chi connectivity index (χ2v) is 12.3. The lowest BCUT2D eigenvalue weighted by Gasteiger charge is -2.35. The lowest BCUT2D eigenvalue weighted by molar-refractivity contribution is -0.152. The zero-order valence-corrected chi connectivity index (χ0v) is 23.7. The molecule has 8 nitrogen and oxygen atoms in total. The fourth-order valence-corrected chi connectivity index (χ4v) is 7.30. The molecule has 7 atom stereocenters. The van der Waals surface area contributed by atoms with E-state index in [1.54, 1.807) is 18.7 Å². The molecule has 2 unspecified atom stereocenters. The third kappa shape index (κ3) is 5.74. The second-order valence-electron chi connectivity index (χ2n) is 12.3. The van der Waals surface area contributed by atoms with Gasteiger partial charge in [0.25, 0.3) is 0 Å². The number of hydrogen-bond acceptors (Lipinski definition) is 6. The summed E-state index contributed by atoms with van der Waals surface area (Å²) < 4.78 is 5.09. The van der Waals surface area contributed by atoms with E-state index in [-0.39, 0.29) is 34.7 Å². The lowest BCUT2D eigenvalue weighted by atomic mass is 9.70. The van der Waals surface area contributed by atoms with Gasteiger partial charge in [-0.1, -0.05) is 47.0 Å². The van der Waals surface area contributed by atoms with Gasteiger partial charge in [0.1, 0.15) is 17.9 Å². The van der Waals surface area contributed by atoms with Gasteiger partial charge in [-0.05, 0) is 69.6 Å². The lowest BCUT2D eigenvalue weighted by Crippen LogP contribution is -2.55. The summed E-state index contributed by atoms with van der Waals surface area (Å²) in [4.78, 5) is 50.1. The monoisotopic (exact) mass is 520 g/mol. The highest BCUT2D eigenvalue weighted by atomic mass is 16.5. The molecule has 4 fully saturated rings. The van der Waals surface area contributed by atoms with Gasteiger partial charge in [0.05, 0.1) is 12.6 Å². The van der Waals surface area contributed by atoms with E-state index < -0.39 is 24.1 Å². The molecule has 1 saturated heterocycles. The smallest absolute Gasteiger partial charge is 0.326 e. The molecular formula is C29H48N2O6. The number of carbonyl (C=O) groups is 4. The first-order valence-corrected chi connectivity index (χ1v) is 14.4. The molecule has 4 aliphatic rings. The number of ketones is 1. The van der Waals surface area contributed by atoms with Crippen molar-refractivity contribution in [3.05, 3.63) is 0 Å². The van der Waals surface area contributed by atoms with E-state index in [2.05, 4.69) is 26.1 Å². The molecule has 2 N–H and O–H groups in total. The Hall–Kier alpha value is -1.96. The van der Waals surface area contributed by atoms with Crippen LogP contribution in [0.4, 0.5) is 0 Å². The van der Waals surface area contributed by atoms with Crippen LogP contribution >= 0.6 is 0 Å². The Morgan fingerprint density at radius 2 is 1.81 bits per heavy atom. The quantitative estimate of drug-likeness (QED) is 0.458. The first-order chi connectivity index (χ1) is 17.4. The summed E-state index contributed by atoms with van der Waals surface area (Å²) in [7, 11) is 0. The van der Waals surface area contributed by atoms with Crippen molar-refractivity contribution in [3.63, 3.8) is 0 Å². The van der Waals surface area contributed by atoms with Gasteiger partial charge in [-0.3, -0.25) is 19.7 Å². The zero-order chi connectivity index (χ0) is 27.5. The van der Waals surface area contributed by atoms with Crippen molar-refractivity contribution >= 4 is 23.6 Å². The number of likely N-dealkylation sites (tertiary alicyclic amines) is 1. The van der Waals surface area contributed by atoms with E-state index in [1.807, 2.05) is 6.92 Å². The summed E-state index contributed by atoms with van der Waals surface area (Å²) in [5, 5.41) is 12.7. The molecule has 1 aliphatic heterocycles. The van der Waals surface area contributed by atoms with Gasteiger partial charge in [-0.2, -0.15) is 0 Å². The first kappa shape index (κ1) is 29.6. The molecule has 0 aromatic heterocycles. The molecule has 3 aliphatic carbocycles. The standard InChI is InChI=1S/C19H32N2O5.C10H16O/c1-4-8-14(19(25)26-5-2)20-12(3)17(22)21-15-10-7-6-9-13(15)11-16(21)18(23)24;1-9(2)7-4-5-10(9,3)8(11)6-7/h12-16,20H,4-11H2,1-3H3,(H,23,24);7H,4-6H2,1-3H3/t12-,13-,14-,15-,16-;/m0./s1. The fourth-order valence-electron chi connectivity index (χ4n) is 7.30. The van der Waals surface area contributed by atoms with Crippen molar-refractivity contribution < 1.29 is 29.0 Å². The van der Waals surface area contributed by atoms with E-state index >= 15 is 0 Å². The van der Waals surface area contributed by atoms with Crippen LogP contribution in [0.3, 0.4) is 0 Å². The number of amides is 1. The van der Waals surface area contributed by atoms with Crippen molar-refractivity contribution in [1.29, 1.82) is 0 Å². The summed E-state index contributed by atoms with van der Waals surface area (Å²) in [6.45, 7) is 12.4. The number of fused-ring (bicyclic) bond motifs is 3. The number of carboxylic acids is 1. The molecule has 0 spiro atoms. The fraction of sp³-hybridized carbons (Fsp3) is 0.862. The molecule has 2 bridgehead atoms. The highest BCUT2D eigenvalue weighted by Gasteiger charge is 2.61. The molecular weight excluding hydrogens is 472 g/mol. The molecule has 0 aromatic carbocycles. The average Bonchev–Trinajstić information content (AvgIpc) is 3.40. The predicted octanol–water partition coefficient (Wildman–Crippen LogP) is 4.34. The highest BCUT2D eigenvalue weighted by molar-refractivity contribution is 5.89. The molecule has 0 radical (unpaired) electrons. The zero-order valence-electron chi connectivity index (χ0n) is 23.7. The largest absolute Gasteiger partial charge is 0.480 e. The molecule has 210 valence electrons. The van der Waals surface area contributed by atoms with Gasteiger partial charge >= 0.3 is 11.9 Å². The van der Waals surface area contributed by atoms with E-state index in [0.717, 1.165) is 44.9 Å². The van der Waals surface area contributed by atoms with Crippen LogP contribution in [0.5, 0.6) is 0 Å². The molecule has 37 heavy (non-hydrogen) atoms. The van der Waals surface area contributed by atoms with Crippen LogP contribution in [0.2, 0.25) is 0 Å². The SMILES string of the molecule is CC12CCC(CC1=O)C2(C)C.CCC[C@H](N[C@@H](C)C(=O)N1[C@H](C(=O)O)C[C@@H]2CCCC[C@@H]21)C(=O)OCC. The van der Waals surface area contributed by atoms with Gasteiger partial charge in [-0.25, -0.2) is 4.79 Å².